The molecule has 3 aromatic rings. The second-order valence-corrected chi connectivity index (χ2v) is 12.3. The first-order chi connectivity index (χ1) is 20.1. The number of primary amides is 1. The van der Waals surface area contributed by atoms with Crippen LogP contribution in [-0.4, -0.2) is 67.5 Å². The van der Waals surface area contributed by atoms with E-state index in [-0.39, 0.29) is 25.3 Å². The molecule has 2 aliphatic rings. The molecule has 1 saturated carbocycles. The van der Waals surface area contributed by atoms with Gasteiger partial charge in [-0.3, -0.25) is 14.4 Å². The normalized spacial score (nSPS) is 20.2. The number of β-amino-alcohol motifs (C(OH)–C–C–N with tert-alkyl or cyclic N) is 1. The van der Waals surface area contributed by atoms with Gasteiger partial charge in [-0.1, -0.05) is 80.6 Å². The van der Waals surface area contributed by atoms with Crippen LogP contribution in [0.15, 0.2) is 60.8 Å². The predicted octanol–water partition coefficient (Wildman–Crippen LogP) is 2.97. The van der Waals surface area contributed by atoms with E-state index in [1.54, 1.807) is 4.68 Å². The highest BCUT2D eigenvalue weighted by molar-refractivity contribution is 5.93. The van der Waals surface area contributed by atoms with E-state index in [1.165, 1.54) is 4.90 Å². The van der Waals surface area contributed by atoms with Gasteiger partial charge in [-0.05, 0) is 41.4 Å². The smallest absolute Gasteiger partial charge is 0.248 e. The molecule has 42 heavy (non-hydrogen) atoms. The largest absolute Gasteiger partial charge is 0.391 e. The van der Waals surface area contributed by atoms with Crippen LogP contribution in [0, 0.1) is 5.41 Å². The van der Waals surface area contributed by atoms with Crippen LogP contribution in [0.1, 0.15) is 69.7 Å². The molecular weight excluding hydrogens is 532 g/mol. The lowest BCUT2D eigenvalue weighted by atomic mass is 9.81. The SMILES string of the molecule is CCC(C)(C)C(C(=O)N1C[C@H](O)C[C@H]1C(=O)NC(Cc1ccc(-c2ccccc2)cc1)C(N)=O)n1cc(C2CC2)nn1. The number of amides is 3. The van der Waals surface area contributed by atoms with Gasteiger partial charge in [0.05, 0.1) is 11.8 Å². The summed E-state index contributed by atoms with van der Waals surface area (Å²) in [7, 11) is 0. The number of benzene rings is 2. The molecule has 1 saturated heterocycles. The molecule has 0 radical (unpaired) electrons. The maximum atomic E-state index is 14.1. The van der Waals surface area contributed by atoms with E-state index < -0.39 is 41.5 Å². The number of aliphatic hydroxyl groups is 1. The van der Waals surface area contributed by atoms with Crippen molar-refractivity contribution < 1.29 is 19.5 Å². The second kappa shape index (κ2) is 12.1. The van der Waals surface area contributed by atoms with Crippen LogP contribution < -0.4 is 11.1 Å². The Labute approximate surface area is 246 Å². The fourth-order valence-electron chi connectivity index (χ4n) is 5.63. The summed E-state index contributed by atoms with van der Waals surface area (Å²) in [6.07, 6.45) is 4.05. The van der Waals surface area contributed by atoms with Gasteiger partial charge in [0.15, 0.2) is 0 Å². The molecule has 10 nitrogen and oxygen atoms in total. The maximum absolute atomic E-state index is 14.1. The number of aromatic nitrogens is 3. The van der Waals surface area contributed by atoms with E-state index in [0.717, 1.165) is 35.2 Å². The lowest BCUT2D eigenvalue weighted by Crippen LogP contribution is -2.54. The number of nitrogens with zero attached hydrogens (tertiary/aromatic N) is 4. The number of likely N-dealkylation sites (tertiary alicyclic amines) is 1. The van der Waals surface area contributed by atoms with Crippen molar-refractivity contribution in [3.05, 3.63) is 72.1 Å². The van der Waals surface area contributed by atoms with Crippen molar-refractivity contribution in [3.8, 4) is 11.1 Å². The zero-order chi connectivity index (χ0) is 30.0. The number of aliphatic hydroxyl groups excluding tert-OH is 1. The quantitative estimate of drug-likeness (QED) is 0.322. The molecule has 10 heteroatoms. The molecule has 4 N–H and O–H groups in total. The van der Waals surface area contributed by atoms with Crippen LogP contribution in [0.3, 0.4) is 0 Å². The lowest BCUT2D eigenvalue weighted by molar-refractivity contribution is -0.145. The number of nitrogens with one attached hydrogen (secondary N) is 1. The molecule has 1 aliphatic carbocycles. The topological polar surface area (TPSA) is 143 Å². The lowest BCUT2D eigenvalue weighted by Gasteiger charge is -2.36. The third kappa shape index (κ3) is 6.38. The minimum absolute atomic E-state index is 0.0135. The third-order valence-electron chi connectivity index (χ3n) is 8.70. The Morgan fingerprint density at radius 2 is 1.74 bits per heavy atom. The predicted molar refractivity (Wildman–Crippen MR) is 158 cm³/mol. The van der Waals surface area contributed by atoms with Crippen molar-refractivity contribution in [1.29, 1.82) is 0 Å². The van der Waals surface area contributed by atoms with Gasteiger partial charge in [0.1, 0.15) is 18.1 Å². The number of carbonyl (C=O) groups excluding carboxylic acids is 3. The molecule has 0 spiro atoms. The average molecular weight is 573 g/mol. The van der Waals surface area contributed by atoms with E-state index in [9.17, 15) is 19.5 Å². The molecule has 3 amide bonds. The Morgan fingerprint density at radius 1 is 1.07 bits per heavy atom. The minimum atomic E-state index is -0.978. The minimum Gasteiger partial charge on any atom is -0.391 e. The summed E-state index contributed by atoms with van der Waals surface area (Å²) in [5.41, 5.74) is 9.02. The van der Waals surface area contributed by atoms with Gasteiger partial charge in [0, 0.05) is 31.5 Å². The summed E-state index contributed by atoms with van der Waals surface area (Å²) >= 11 is 0. The molecule has 2 heterocycles. The van der Waals surface area contributed by atoms with E-state index >= 15 is 0 Å². The summed E-state index contributed by atoms with van der Waals surface area (Å²) in [6, 6.07) is 15.0. The van der Waals surface area contributed by atoms with Gasteiger partial charge >= 0.3 is 0 Å². The molecule has 0 bridgehead atoms. The van der Waals surface area contributed by atoms with Crippen molar-refractivity contribution in [3.63, 3.8) is 0 Å². The van der Waals surface area contributed by atoms with Gasteiger partial charge in [0.25, 0.3) is 0 Å². The van der Waals surface area contributed by atoms with Crippen LogP contribution in [-0.2, 0) is 20.8 Å². The Bertz CT molecular complexity index is 1420. The standard InChI is InChI=1S/C32H40N6O4/c1-4-32(2,3)28(38-19-26(35-36-38)23-14-15-23)31(42)37-18-24(39)17-27(37)30(41)34-25(29(33)40)16-20-10-12-22(13-11-20)21-8-6-5-7-9-21/h5-13,19,23-25,27-28,39H,4,14-18H2,1-3H3,(H2,33,40)(H,34,41)/t24-,25?,27+,28?/m1/s1. The first-order valence-electron chi connectivity index (χ1n) is 14.7. The molecule has 5 rings (SSSR count). The van der Waals surface area contributed by atoms with Crippen molar-refractivity contribution in [2.45, 2.75) is 83.0 Å². The Morgan fingerprint density at radius 3 is 2.36 bits per heavy atom. The van der Waals surface area contributed by atoms with E-state index in [1.807, 2.05) is 81.6 Å². The van der Waals surface area contributed by atoms with Crippen LogP contribution in [0.2, 0.25) is 0 Å². The summed E-state index contributed by atoms with van der Waals surface area (Å²) in [4.78, 5) is 41.5. The third-order valence-corrected chi connectivity index (χ3v) is 8.70. The summed E-state index contributed by atoms with van der Waals surface area (Å²) in [5, 5.41) is 21.9. The highest BCUT2D eigenvalue weighted by atomic mass is 16.3. The van der Waals surface area contributed by atoms with Crippen molar-refractivity contribution >= 4 is 17.7 Å². The molecule has 1 aromatic heterocycles. The monoisotopic (exact) mass is 572 g/mol. The van der Waals surface area contributed by atoms with Gasteiger partial charge in [-0.2, -0.15) is 0 Å². The molecule has 222 valence electrons. The van der Waals surface area contributed by atoms with Gasteiger partial charge < -0.3 is 21.1 Å². The van der Waals surface area contributed by atoms with Crippen LogP contribution in [0.5, 0.6) is 0 Å². The summed E-state index contributed by atoms with van der Waals surface area (Å²) < 4.78 is 1.62. The maximum Gasteiger partial charge on any atom is 0.248 e. The van der Waals surface area contributed by atoms with Gasteiger partial charge in [-0.25, -0.2) is 4.68 Å². The fourth-order valence-corrected chi connectivity index (χ4v) is 5.63. The van der Waals surface area contributed by atoms with E-state index in [0.29, 0.717) is 12.3 Å². The molecular formula is C32H40N6O4. The van der Waals surface area contributed by atoms with Gasteiger partial charge in [0.2, 0.25) is 17.7 Å². The van der Waals surface area contributed by atoms with Crippen molar-refractivity contribution in [2.75, 3.05) is 6.54 Å². The Balaban J connectivity index is 1.32. The molecule has 1 aliphatic heterocycles. The van der Waals surface area contributed by atoms with Crippen molar-refractivity contribution in [2.24, 2.45) is 11.1 Å². The zero-order valence-corrected chi connectivity index (χ0v) is 24.4. The second-order valence-electron chi connectivity index (χ2n) is 12.3. The van der Waals surface area contributed by atoms with Crippen LogP contribution in [0.25, 0.3) is 11.1 Å². The van der Waals surface area contributed by atoms with E-state index in [2.05, 4.69) is 15.6 Å². The summed E-state index contributed by atoms with van der Waals surface area (Å²) in [5.74, 6) is -1.12. The van der Waals surface area contributed by atoms with Crippen LogP contribution >= 0.6 is 0 Å². The number of carbonyl (C=O) groups is 3. The molecule has 2 aromatic carbocycles. The van der Waals surface area contributed by atoms with Gasteiger partial charge in [-0.15, -0.1) is 5.10 Å². The molecule has 4 atom stereocenters. The Kier molecular flexibility index (Phi) is 8.45. The average Bonchev–Trinajstić information content (AvgIpc) is 3.59. The van der Waals surface area contributed by atoms with Crippen LogP contribution in [0.4, 0.5) is 0 Å². The number of hydrogen-bond donors (Lipinski definition) is 3. The number of hydrogen-bond acceptors (Lipinski definition) is 6. The highest BCUT2D eigenvalue weighted by Gasteiger charge is 2.46. The molecule has 2 unspecified atom stereocenters. The number of rotatable bonds is 11. The van der Waals surface area contributed by atoms with Crippen molar-refractivity contribution in [1.82, 2.24) is 25.2 Å². The highest BCUT2D eigenvalue weighted by Crippen LogP contribution is 2.41. The zero-order valence-electron chi connectivity index (χ0n) is 24.4. The Hall–Kier alpha value is -4.05. The first kappa shape index (κ1) is 29.4. The summed E-state index contributed by atoms with van der Waals surface area (Å²) in [6.45, 7) is 6.00. The first-order valence-corrected chi connectivity index (χ1v) is 14.7. The molecule has 2 fully saturated rings. The fraction of sp³-hybridized carbons (Fsp3) is 0.469. The van der Waals surface area contributed by atoms with E-state index in [4.69, 9.17) is 5.73 Å². The number of nitrogens with two attached hydrogens (primary N) is 1.